The zero-order chi connectivity index (χ0) is 18.7. The topological polar surface area (TPSA) is 64.4 Å². The SMILES string of the molecule is O=S(=O)(c1ccccc1)n1ncc2c(OCCN3C=CC=CC3)cccc21. The quantitative estimate of drug-likeness (QED) is 0.657. The molecule has 1 aliphatic rings. The highest BCUT2D eigenvalue weighted by Gasteiger charge is 2.21. The fourth-order valence-electron chi connectivity index (χ4n) is 2.96. The standard InChI is InChI=1S/C20H19N3O3S/c24-27(25,17-8-3-1-4-9-17)23-19-10-7-11-20(18(19)16-21-23)26-15-14-22-12-5-2-6-13-22/h1-12,16H,13-15H2. The Hall–Kier alpha value is -3.06. The highest BCUT2D eigenvalue weighted by Crippen LogP contribution is 2.27. The summed E-state index contributed by atoms with van der Waals surface area (Å²) in [7, 11) is -3.75. The Morgan fingerprint density at radius 2 is 1.89 bits per heavy atom. The molecule has 0 saturated heterocycles. The summed E-state index contributed by atoms with van der Waals surface area (Å²) in [6.45, 7) is 2.10. The van der Waals surface area contributed by atoms with Crippen molar-refractivity contribution < 1.29 is 13.2 Å². The van der Waals surface area contributed by atoms with Crippen LogP contribution >= 0.6 is 0 Å². The lowest BCUT2D eigenvalue weighted by Crippen LogP contribution is -2.24. The van der Waals surface area contributed by atoms with E-state index in [0.29, 0.717) is 23.3 Å². The van der Waals surface area contributed by atoms with E-state index in [4.69, 9.17) is 4.74 Å². The minimum absolute atomic E-state index is 0.200. The second kappa shape index (κ2) is 7.28. The summed E-state index contributed by atoms with van der Waals surface area (Å²) in [6, 6.07) is 13.6. The van der Waals surface area contributed by atoms with Crippen molar-refractivity contribution in [2.75, 3.05) is 19.7 Å². The van der Waals surface area contributed by atoms with Crippen molar-refractivity contribution >= 4 is 20.9 Å². The Bertz CT molecular complexity index is 1100. The maximum atomic E-state index is 12.9. The van der Waals surface area contributed by atoms with Crippen LogP contribution in [0.4, 0.5) is 0 Å². The molecule has 7 heteroatoms. The first-order chi connectivity index (χ1) is 13.2. The van der Waals surface area contributed by atoms with E-state index in [-0.39, 0.29) is 4.90 Å². The Balaban J connectivity index is 1.58. The van der Waals surface area contributed by atoms with E-state index < -0.39 is 10.0 Å². The summed E-state index contributed by atoms with van der Waals surface area (Å²) in [4.78, 5) is 2.34. The smallest absolute Gasteiger partial charge is 0.283 e. The van der Waals surface area contributed by atoms with Crippen LogP contribution in [0.25, 0.3) is 10.9 Å². The molecule has 0 saturated carbocycles. The monoisotopic (exact) mass is 381 g/mol. The van der Waals surface area contributed by atoms with Crippen LogP contribution in [0.2, 0.25) is 0 Å². The summed E-state index contributed by atoms with van der Waals surface area (Å²) >= 11 is 0. The Labute approximate surface area is 158 Å². The largest absolute Gasteiger partial charge is 0.491 e. The zero-order valence-corrected chi connectivity index (χ0v) is 15.4. The van der Waals surface area contributed by atoms with Crippen LogP contribution in [0, 0.1) is 0 Å². The Morgan fingerprint density at radius 3 is 2.67 bits per heavy atom. The number of hydrogen-bond donors (Lipinski definition) is 0. The van der Waals surface area contributed by atoms with E-state index >= 15 is 0 Å². The van der Waals surface area contributed by atoms with Gasteiger partial charge in [-0.1, -0.05) is 36.4 Å². The Morgan fingerprint density at radius 1 is 1.04 bits per heavy atom. The van der Waals surface area contributed by atoms with E-state index in [0.717, 1.165) is 17.2 Å². The zero-order valence-electron chi connectivity index (χ0n) is 14.6. The molecule has 1 aromatic heterocycles. The van der Waals surface area contributed by atoms with Gasteiger partial charge in [0.1, 0.15) is 12.4 Å². The van der Waals surface area contributed by atoms with Gasteiger partial charge in [0.15, 0.2) is 0 Å². The molecule has 0 atom stereocenters. The summed E-state index contributed by atoms with van der Waals surface area (Å²) in [6.07, 6.45) is 9.64. The average Bonchev–Trinajstić information content (AvgIpc) is 3.15. The average molecular weight is 381 g/mol. The van der Waals surface area contributed by atoms with Crippen LogP contribution in [0.5, 0.6) is 5.75 Å². The predicted octanol–water partition coefficient (Wildman–Crippen LogP) is 3.04. The number of hydrogen-bond acceptors (Lipinski definition) is 5. The number of ether oxygens (including phenoxy) is 1. The number of benzene rings is 2. The third-order valence-electron chi connectivity index (χ3n) is 4.33. The molecule has 0 fully saturated rings. The van der Waals surface area contributed by atoms with Gasteiger partial charge >= 0.3 is 0 Å². The van der Waals surface area contributed by atoms with Crippen LogP contribution in [-0.2, 0) is 10.0 Å². The van der Waals surface area contributed by atoms with Gasteiger partial charge < -0.3 is 9.64 Å². The van der Waals surface area contributed by atoms with E-state index in [1.165, 1.54) is 6.20 Å². The molecule has 0 unspecified atom stereocenters. The van der Waals surface area contributed by atoms with Crippen LogP contribution in [0.1, 0.15) is 0 Å². The predicted molar refractivity (Wildman–Crippen MR) is 104 cm³/mol. The second-order valence-corrected chi connectivity index (χ2v) is 7.88. The van der Waals surface area contributed by atoms with Crippen molar-refractivity contribution in [3.05, 3.63) is 79.2 Å². The Kier molecular flexibility index (Phi) is 4.68. The first-order valence-corrected chi connectivity index (χ1v) is 10.1. The van der Waals surface area contributed by atoms with Crippen molar-refractivity contribution in [3.8, 4) is 5.75 Å². The molecule has 0 spiro atoms. The highest BCUT2D eigenvalue weighted by molar-refractivity contribution is 7.90. The molecule has 0 N–H and O–H groups in total. The first-order valence-electron chi connectivity index (χ1n) is 8.64. The lowest BCUT2D eigenvalue weighted by molar-refractivity contribution is 0.266. The summed E-state index contributed by atoms with van der Waals surface area (Å²) in [5.41, 5.74) is 0.497. The third-order valence-corrected chi connectivity index (χ3v) is 5.94. The van der Waals surface area contributed by atoms with Crippen molar-refractivity contribution in [1.29, 1.82) is 0 Å². The maximum Gasteiger partial charge on any atom is 0.283 e. The molecule has 2 heterocycles. The van der Waals surface area contributed by atoms with Crippen molar-refractivity contribution in [2.24, 2.45) is 0 Å². The molecule has 0 radical (unpaired) electrons. The molecule has 138 valence electrons. The van der Waals surface area contributed by atoms with E-state index in [1.54, 1.807) is 42.5 Å². The highest BCUT2D eigenvalue weighted by atomic mass is 32.2. The van der Waals surface area contributed by atoms with E-state index in [9.17, 15) is 8.42 Å². The molecule has 0 bridgehead atoms. The normalized spacial score (nSPS) is 14.0. The van der Waals surface area contributed by atoms with E-state index in [1.807, 2.05) is 24.4 Å². The van der Waals surface area contributed by atoms with Gasteiger partial charge in [0, 0.05) is 6.54 Å². The van der Waals surface area contributed by atoms with Crippen molar-refractivity contribution in [3.63, 3.8) is 0 Å². The van der Waals surface area contributed by atoms with Gasteiger partial charge in [0.2, 0.25) is 0 Å². The van der Waals surface area contributed by atoms with Crippen LogP contribution in [0.15, 0.2) is 84.1 Å². The molecule has 0 aliphatic carbocycles. The van der Waals surface area contributed by atoms with Gasteiger partial charge in [-0.25, -0.2) is 0 Å². The lowest BCUT2D eigenvalue weighted by atomic mass is 10.2. The molecule has 0 amide bonds. The van der Waals surface area contributed by atoms with Crippen LogP contribution in [-0.4, -0.2) is 42.2 Å². The van der Waals surface area contributed by atoms with Gasteiger partial charge in [-0.15, -0.1) is 0 Å². The molecule has 6 nitrogen and oxygen atoms in total. The van der Waals surface area contributed by atoms with Crippen LogP contribution in [0.3, 0.4) is 0 Å². The van der Waals surface area contributed by atoms with Crippen molar-refractivity contribution in [2.45, 2.75) is 4.90 Å². The number of nitrogens with zero attached hydrogens (tertiary/aromatic N) is 3. The molecule has 3 aromatic rings. The molecular weight excluding hydrogens is 362 g/mol. The van der Waals surface area contributed by atoms with Gasteiger partial charge in [0.25, 0.3) is 10.0 Å². The van der Waals surface area contributed by atoms with Crippen molar-refractivity contribution in [1.82, 2.24) is 14.1 Å². The maximum absolute atomic E-state index is 12.9. The molecule has 27 heavy (non-hydrogen) atoms. The minimum atomic E-state index is -3.75. The number of rotatable bonds is 6. The number of aromatic nitrogens is 2. The number of fused-ring (bicyclic) bond motifs is 1. The molecule has 2 aromatic carbocycles. The third kappa shape index (κ3) is 3.46. The molecular formula is C20H19N3O3S. The van der Waals surface area contributed by atoms with E-state index in [2.05, 4.69) is 16.1 Å². The molecule has 1 aliphatic heterocycles. The van der Waals surface area contributed by atoms with Crippen LogP contribution < -0.4 is 4.74 Å². The lowest BCUT2D eigenvalue weighted by Gasteiger charge is -2.20. The summed E-state index contributed by atoms with van der Waals surface area (Å²) in [5, 5.41) is 4.79. The fourth-order valence-corrected chi connectivity index (χ4v) is 4.25. The van der Waals surface area contributed by atoms with Gasteiger partial charge in [-0.05, 0) is 36.5 Å². The van der Waals surface area contributed by atoms with Gasteiger partial charge in [-0.3, -0.25) is 0 Å². The fraction of sp³-hybridized carbons (Fsp3) is 0.150. The first kappa shape index (κ1) is 17.4. The van der Waals surface area contributed by atoms with Gasteiger partial charge in [0.05, 0.1) is 28.5 Å². The summed E-state index contributed by atoms with van der Waals surface area (Å²) < 4.78 is 32.7. The van der Waals surface area contributed by atoms with Gasteiger partial charge in [-0.2, -0.15) is 17.6 Å². The number of allylic oxidation sites excluding steroid dienone is 2. The second-order valence-electron chi connectivity index (χ2n) is 6.11. The minimum Gasteiger partial charge on any atom is -0.491 e. The molecule has 4 rings (SSSR count). The summed E-state index contributed by atoms with van der Waals surface area (Å²) in [5.74, 6) is 0.624.